The van der Waals surface area contributed by atoms with Crippen LogP contribution in [0.2, 0.25) is 0 Å². The van der Waals surface area contributed by atoms with E-state index in [4.69, 9.17) is 4.74 Å². The number of amides is 1. The molecule has 1 amide bonds. The summed E-state index contributed by atoms with van der Waals surface area (Å²) in [5.41, 5.74) is 4.92. The van der Waals surface area contributed by atoms with E-state index in [0.717, 1.165) is 26.2 Å². The second kappa shape index (κ2) is 8.89. The quantitative estimate of drug-likeness (QED) is 0.807. The minimum Gasteiger partial charge on any atom is -0.465 e. The summed E-state index contributed by atoms with van der Waals surface area (Å²) in [6.07, 6.45) is 0. The molecular weight excluding hydrogens is 354 g/mol. The fourth-order valence-corrected chi connectivity index (χ4v) is 3.47. The van der Waals surface area contributed by atoms with Gasteiger partial charge in [-0.05, 0) is 49.2 Å². The lowest BCUT2D eigenvalue weighted by Crippen LogP contribution is -2.48. The van der Waals surface area contributed by atoms with Crippen molar-refractivity contribution in [3.8, 4) is 0 Å². The number of esters is 1. The highest BCUT2D eigenvalue weighted by molar-refractivity contribution is 5.95. The number of rotatable bonds is 5. The zero-order chi connectivity index (χ0) is 20.1. The molecule has 0 radical (unpaired) electrons. The molecule has 1 aliphatic heterocycles. The first-order chi connectivity index (χ1) is 13.5. The number of methoxy groups -OCH3 is 1. The van der Waals surface area contributed by atoms with Crippen molar-refractivity contribution in [3.63, 3.8) is 0 Å². The Kier molecular flexibility index (Phi) is 6.31. The van der Waals surface area contributed by atoms with Crippen LogP contribution in [-0.4, -0.2) is 56.6 Å². The van der Waals surface area contributed by atoms with E-state index in [0.29, 0.717) is 17.8 Å². The highest BCUT2D eigenvalue weighted by Crippen LogP contribution is 2.23. The van der Waals surface area contributed by atoms with Gasteiger partial charge in [0, 0.05) is 37.6 Å². The van der Waals surface area contributed by atoms with Gasteiger partial charge in [0.05, 0.1) is 19.2 Å². The van der Waals surface area contributed by atoms with Crippen LogP contribution in [0.4, 0.5) is 11.4 Å². The van der Waals surface area contributed by atoms with Crippen LogP contribution in [-0.2, 0) is 9.53 Å². The van der Waals surface area contributed by atoms with Gasteiger partial charge in [-0.3, -0.25) is 9.69 Å². The van der Waals surface area contributed by atoms with Crippen LogP contribution >= 0.6 is 0 Å². The van der Waals surface area contributed by atoms with Crippen molar-refractivity contribution in [3.05, 3.63) is 59.2 Å². The first-order valence-electron chi connectivity index (χ1n) is 9.49. The molecule has 0 atom stereocenters. The fourth-order valence-electron chi connectivity index (χ4n) is 3.47. The van der Waals surface area contributed by atoms with Gasteiger partial charge < -0.3 is 15.0 Å². The summed E-state index contributed by atoms with van der Waals surface area (Å²) in [5, 5.41) is 2.87. The topological polar surface area (TPSA) is 61.9 Å². The second-order valence-electron chi connectivity index (χ2n) is 7.10. The van der Waals surface area contributed by atoms with Gasteiger partial charge in [0.1, 0.15) is 0 Å². The predicted octanol–water partition coefficient (Wildman–Crippen LogP) is 2.85. The van der Waals surface area contributed by atoms with Crippen LogP contribution in [0, 0.1) is 13.8 Å². The molecule has 1 heterocycles. The van der Waals surface area contributed by atoms with E-state index in [1.807, 2.05) is 0 Å². The largest absolute Gasteiger partial charge is 0.465 e. The molecular formula is C22H27N3O3. The van der Waals surface area contributed by atoms with Gasteiger partial charge in [0.25, 0.3) is 0 Å². The number of piperazine rings is 1. The summed E-state index contributed by atoms with van der Waals surface area (Å²) in [4.78, 5) is 28.6. The Morgan fingerprint density at radius 2 is 1.75 bits per heavy atom. The van der Waals surface area contributed by atoms with E-state index in [9.17, 15) is 9.59 Å². The molecule has 6 nitrogen and oxygen atoms in total. The maximum absolute atomic E-state index is 12.4. The molecule has 2 aromatic rings. The lowest BCUT2D eigenvalue weighted by atomic mass is 10.1. The monoisotopic (exact) mass is 381 g/mol. The number of anilines is 2. The lowest BCUT2D eigenvalue weighted by Gasteiger charge is -2.36. The van der Waals surface area contributed by atoms with E-state index in [1.165, 1.54) is 23.9 Å². The molecule has 0 unspecified atom stereocenters. The standard InChI is InChI=1S/C22H27N3O3/c1-16-6-4-9-20(17(16)2)25-12-10-24(11-13-25)15-21(26)23-19-8-5-7-18(14-19)22(27)28-3/h4-9,14H,10-13,15H2,1-3H3,(H,23,26). The SMILES string of the molecule is COC(=O)c1cccc(NC(=O)CN2CCN(c3cccc(C)c3C)CC2)c1. The minimum atomic E-state index is -0.418. The highest BCUT2D eigenvalue weighted by atomic mass is 16.5. The fraction of sp³-hybridized carbons (Fsp3) is 0.364. The number of ether oxygens (including phenoxy) is 1. The Morgan fingerprint density at radius 1 is 1.04 bits per heavy atom. The average molecular weight is 381 g/mol. The van der Waals surface area contributed by atoms with Gasteiger partial charge in [0.15, 0.2) is 0 Å². The lowest BCUT2D eigenvalue weighted by molar-refractivity contribution is -0.117. The molecule has 0 aliphatic carbocycles. The normalized spacial score (nSPS) is 14.6. The third-order valence-electron chi connectivity index (χ3n) is 5.22. The molecule has 1 aliphatic rings. The molecule has 6 heteroatoms. The highest BCUT2D eigenvalue weighted by Gasteiger charge is 2.20. The average Bonchev–Trinajstić information content (AvgIpc) is 2.70. The number of nitrogens with one attached hydrogen (secondary N) is 1. The van der Waals surface area contributed by atoms with Crippen molar-refractivity contribution in [2.45, 2.75) is 13.8 Å². The molecule has 1 N–H and O–H groups in total. The summed E-state index contributed by atoms with van der Waals surface area (Å²) in [6, 6.07) is 13.2. The van der Waals surface area contributed by atoms with Crippen LogP contribution in [0.25, 0.3) is 0 Å². The third-order valence-corrected chi connectivity index (χ3v) is 5.22. The van der Waals surface area contributed by atoms with E-state index in [2.05, 4.69) is 47.2 Å². The van der Waals surface area contributed by atoms with E-state index in [1.54, 1.807) is 24.3 Å². The van der Waals surface area contributed by atoms with Crippen molar-refractivity contribution in [2.75, 3.05) is 50.1 Å². The maximum Gasteiger partial charge on any atom is 0.337 e. The molecule has 28 heavy (non-hydrogen) atoms. The van der Waals surface area contributed by atoms with Crippen LogP contribution in [0.5, 0.6) is 0 Å². The number of aryl methyl sites for hydroxylation is 1. The number of nitrogens with zero attached hydrogens (tertiary/aromatic N) is 2. The third kappa shape index (κ3) is 4.70. The van der Waals surface area contributed by atoms with E-state index >= 15 is 0 Å². The zero-order valence-electron chi connectivity index (χ0n) is 16.7. The molecule has 3 rings (SSSR count). The number of hydrogen-bond donors (Lipinski definition) is 1. The van der Waals surface area contributed by atoms with Crippen LogP contribution < -0.4 is 10.2 Å². The van der Waals surface area contributed by atoms with Gasteiger partial charge in [-0.1, -0.05) is 18.2 Å². The van der Waals surface area contributed by atoms with Gasteiger partial charge in [0.2, 0.25) is 5.91 Å². The van der Waals surface area contributed by atoms with Crippen LogP contribution in [0.3, 0.4) is 0 Å². The first-order valence-corrected chi connectivity index (χ1v) is 9.49. The molecule has 1 fully saturated rings. The number of hydrogen-bond acceptors (Lipinski definition) is 5. The van der Waals surface area contributed by atoms with E-state index < -0.39 is 5.97 Å². The predicted molar refractivity (Wildman–Crippen MR) is 111 cm³/mol. The molecule has 0 spiro atoms. The Hall–Kier alpha value is -2.86. The number of benzene rings is 2. The Bertz CT molecular complexity index is 858. The Balaban J connectivity index is 1.53. The molecule has 0 bridgehead atoms. The maximum atomic E-state index is 12.4. The molecule has 2 aromatic carbocycles. The number of carbonyl (C=O) groups excluding carboxylic acids is 2. The van der Waals surface area contributed by atoms with Crippen molar-refractivity contribution in [1.82, 2.24) is 4.90 Å². The minimum absolute atomic E-state index is 0.0813. The molecule has 148 valence electrons. The van der Waals surface area contributed by atoms with Gasteiger partial charge in [-0.25, -0.2) is 4.79 Å². The zero-order valence-corrected chi connectivity index (χ0v) is 16.7. The van der Waals surface area contributed by atoms with Gasteiger partial charge in [-0.2, -0.15) is 0 Å². The molecule has 0 saturated carbocycles. The Morgan fingerprint density at radius 3 is 2.46 bits per heavy atom. The Labute approximate surface area is 166 Å². The van der Waals surface area contributed by atoms with Crippen LogP contribution in [0.15, 0.2) is 42.5 Å². The summed E-state index contributed by atoms with van der Waals surface area (Å²) in [6.45, 7) is 8.10. The summed E-state index contributed by atoms with van der Waals surface area (Å²) in [5.74, 6) is -0.499. The summed E-state index contributed by atoms with van der Waals surface area (Å²) < 4.78 is 4.72. The van der Waals surface area contributed by atoms with Gasteiger partial charge >= 0.3 is 5.97 Å². The second-order valence-corrected chi connectivity index (χ2v) is 7.10. The van der Waals surface area contributed by atoms with Crippen LogP contribution in [0.1, 0.15) is 21.5 Å². The van der Waals surface area contributed by atoms with Crippen molar-refractivity contribution in [2.24, 2.45) is 0 Å². The summed E-state index contributed by atoms with van der Waals surface area (Å²) in [7, 11) is 1.34. The first kappa shape index (κ1) is 19.9. The van der Waals surface area contributed by atoms with Crippen molar-refractivity contribution in [1.29, 1.82) is 0 Å². The summed E-state index contributed by atoms with van der Waals surface area (Å²) >= 11 is 0. The molecule has 1 saturated heterocycles. The van der Waals surface area contributed by atoms with Crippen molar-refractivity contribution < 1.29 is 14.3 Å². The van der Waals surface area contributed by atoms with Gasteiger partial charge in [-0.15, -0.1) is 0 Å². The smallest absolute Gasteiger partial charge is 0.337 e. The van der Waals surface area contributed by atoms with E-state index in [-0.39, 0.29) is 5.91 Å². The molecule has 0 aromatic heterocycles. The number of carbonyl (C=O) groups is 2. The van der Waals surface area contributed by atoms with Crippen molar-refractivity contribution >= 4 is 23.3 Å².